The molecule has 204 valence electrons. The number of rotatable bonds is 12. The van der Waals surface area contributed by atoms with Crippen LogP contribution < -0.4 is 4.74 Å². The number of carbonyl (C=O) groups is 2. The lowest BCUT2D eigenvalue weighted by molar-refractivity contribution is -0.141. The first-order valence-electron chi connectivity index (χ1n) is 13.4. The van der Waals surface area contributed by atoms with Gasteiger partial charge in [-0.1, -0.05) is 49.8 Å². The fraction of sp³-hybridized carbons (Fsp3) is 0.600. The van der Waals surface area contributed by atoms with Crippen molar-refractivity contribution in [1.82, 2.24) is 0 Å². The summed E-state index contributed by atoms with van der Waals surface area (Å²) in [5.74, 6) is -0.882. The molecule has 7 nitrogen and oxygen atoms in total. The van der Waals surface area contributed by atoms with E-state index in [0.717, 1.165) is 11.1 Å². The van der Waals surface area contributed by atoms with E-state index in [2.05, 4.69) is 13.0 Å². The number of carboxylic acid groups (broad SMARTS) is 1. The highest BCUT2D eigenvalue weighted by molar-refractivity contribution is 5.90. The molecule has 0 fully saturated rings. The summed E-state index contributed by atoms with van der Waals surface area (Å²) in [5, 5.41) is 39.9. The molecular formula is C30H42O7. The number of aliphatic hydroxyl groups excluding tert-OH is 3. The summed E-state index contributed by atoms with van der Waals surface area (Å²) in [6, 6.07) is 7.63. The van der Waals surface area contributed by atoms with Gasteiger partial charge in [-0.2, -0.15) is 0 Å². The number of benzene rings is 1. The molecule has 0 aromatic heterocycles. The molecule has 0 bridgehead atoms. The molecule has 1 aromatic rings. The van der Waals surface area contributed by atoms with Crippen LogP contribution >= 0.6 is 0 Å². The number of hydrogen-bond donors (Lipinski definition) is 4. The minimum atomic E-state index is -1.10. The third-order valence-electron chi connectivity index (χ3n) is 8.11. The van der Waals surface area contributed by atoms with Crippen molar-refractivity contribution in [2.75, 3.05) is 0 Å². The van der Waals surface area contributed by atoms with Gasteiger partial charge in [0.2, 0.25) is 0 Å². The lowest BCUT2D eigenvalue weighted by Crippen LogP contribution is -2.50. The summed E-state index contributed by atoms with van der Waals surface area (Å²) in [4.78, 5) is 25.0. The Hall–Kier alpha value is -2.48. The SMILES string of the molecule is CCC(C)(Oc1ccc(C)cc1)C(=O)C1CC(O)C=C2C=CC(C)C(CCC(O)CC(O)CC(=O)O)C21. The Kier molecular flexibility index (Phi) is 9.73. The number of ether oxygens (including phenoxy) is 1. The van der Waals surface area contributed by atoms with Crippen molar-refractivity contribution >= 4 is 11.8 Å². The van der Waals surface area contributed by atoms with Crippen LogP contribution in [-0.2, 0) is 9.59 Å². The van der Waals surface area contributed by atoms with E-state index in [1.165, 1.54) is 0 Å². The lowest BCUT2D eigenvalue weighted by atomic mass is 9.60. The predicted octanol–water partition coefficient (Wildman–Crippen LogP) is 4.22. The summed E-state index contributed by atoms with van der Waals surface area (Å²) in [6.07, 6.45) is 4.64. The number of aliphatic carboxylic acids is 1. The van der Waals surface area contributed by atoms with Crippen molar-refractivity contribution in [2.45, 2.75) is 90.1 Å². The van der Waals surface area contributed by atoms with Gasteiger partial charge in [-0.3, -0.25) is 9.59 Å². The lowest BCUT2D eigenvalue weighted by Gasteiger charge is -2.45. The molecule has 1 aromatic carbocycles. The molecule has 0 heterocycles. The van der Waals surface area contributed by atoms with Crippen molar-refractivity contribution in [2.24, 2.45) is 23.7 Å². The molecule has 0 saturated heterocycles. The van der Waals surface area contributed by atoms with E-state index < -0.39 is 42.2 Å². The smallest absolute Gasteiger partial charge is 0.305 e. The molecule has 2 aliphatic carbocycles. The van der Waals surface area contributed by atoms with Crippen molar-refractivity contribution in [1.29, 1.82) is 0 Å². The number of ketones is 1. The Labute approximate surface area is 219 Å². The van der Waals surface area contributed by atoms with Crippen LogP contribution in [0.3, 0.4) is 0 Å². The highest BCUT2D eigenvalue weighted by atomic mass is 16.5. The zero-order chi connectivity index (χ0) is 27.3. The molecule has 2 aliphatic rings. The number of aliphatic hydroxyl groups is 3. The first kappa shape index (κ1) is 29.1. The highest BCUT2D eigenvalue weighted by Gasteiger charge is 2.48. The monoisotopic (exact) mass is 514 g/mol. The molecule has 37 heavy (non-hydrogen) atoms. The number of allylic oxidation sites excluding steroid dienone is 3. The summed E-state index contributed by atoms with van der Waals surface area (Å²) >= 11 is 0. The number of carboxylic acids is 1. The highest BCUT2D eigenvalue weighted by Crippen LogP contribution is 2.47. The van der Waals surface area contributed by atoms with E-state index in [1.54, 1.807) is 0 Å². The molecule has 4 N–H and O–H groups in total. The zero-order valence-corrected chi connectivity index (χ0v) is 22.3. The van der Waals surface area contributed by atoms with Gasteiger partial charge in [-0.15, -0.1) is 0 Å². The number of fused-ring (bicyclic) bond motifs is 1. The maximum atomic E-state index is 14.1. The molecule has 0 spiro atoms. The van der Waals surface area contributed by atoms with Gasteiger partial charge in [-0.05, 0) is 81.4 Å². The fourth-order valence-corrected chi connectivity index (χ4v) is 5.85. The number of Topliss-reactive ketones (excluding diaryl/α,β-unsaturated/α-hetero) is 1. The van der Waals surface area contributed by atoms with Crippen molar-refractivity contribution < 1.29 is 34.8 Å². The predicted molar refractivity (Wildman–Crippen MR) is 141 cm³/mol. The standard InChI is InChI=1S/C30H42O7/c1-5-30(4,37-24-11-6-18(2)7-12-24)29(36)26-16-22(32)14-20-9-8-19(3)25(28(20)26)13-10-21(31)15-23(33)17-27(34)35/h6-9,11-12,14,19,21-23,25-26,28,31-33H,5,10,13,15-17H2,1-4H3,(H,34,35). The Morgan fingerprint density at radius 1 is 1.16 bits per heavy atom. The zero-order valence-electron chi connectivity index (χ0n) is 22.3. The maximum absolute atomic E-state index is 14.1. The van der Waals surface area contributed by atoms with Crippen LogP contribution in [0.25, 0.3) is 0 Å². The maximum Gasteiger partial charge on any atom is 0.305 e. The molecule has 0 radical (unpaired) electrons. The van der Waals surface area contributed by atoms with Crippen LogP contribution in [0.15, 0.2) is 48.1 Å². The minimum absolute atomic E-state index is 0.00400. The molecule has 0 amide bonds. The molecule has 8 unspecified atom stereocenters. The first-order chi connectivity index (χ1) is 17.4. The van der Waals surface area contributed by atoms with E-state index in [1.807, 2.05) is 57.2 Å². The number of carbonyl (C=O) groups excluding carboxylic acids is 1. The van der Waals surface area contributed by atoms with Crippen LogP contribution in [0.1, 0.15) is 64.9 Å². The van der Waals surface area contributed by atoms with Gasteiger partial charge in [-0.25, -0.2) is 0 Å². The molecular weight excluding hydrogens is 472 g/mol. The quantitative estimate of drug-likeness (QED) is 0.329. The van der Waals surface area contributed by atoms with Crippen LogP contribution in [0, 0.1) is 30.6 Å². The summed E-state index contributed by atoms with van der Waals surface area (Å²) in [7, 11) is 0. The van der Waals surface area contributed by atoms with E-state index >= 15 is 0 Å². The van der Waals surface area contributed by atoms with Crippen LogP contribution in [0.5, 0.6) is 5.75 Å². The van der Waals surface area contributed by atoms with Gasteiger partial charge in [0.15, 0.2) is 11.4 Å². The first-order valence-corrected chi connectivity index (χ1v) is 13.4. The summed E-state index contributed by atoms with van der Waals surface area (Å²) < 4.78 is 6.29. The summed E-state index contributed by atoms with van der Waals surface area (Å²) in [5.41, 5.74) is 0.984. The second kappa shape index (κ2) is 12.4. The van der Waals surface area contributed by atoms with Crippen LogP contribution in [0.4, 0.5) is 0 Å². The molecule has 8 atom stereocenters. The largest absolute Gasteiger partial charge is 0.481 e. The van der Waals surface area contributed by atoms with Gasteiger partial charge in [0.1, 0.15) is 5.75 Å². The van der Waals surface area contributed by atoms with Crippen molar-refractivity contribution in [3.8, 4) is 5.75 Å². The second-order valence-corrected chi connectivity index (χ2v) is 11.1. The topological polar surface area (TPSA) is 124 Å². The van der Waals surface area contributed by atoms with E-state index in [-0.39, 0.29) is 30.0 Å². The van der Waals surface area contributed by atoms with Crippen molar-refractivity contribution in [3.63, 3.8) is 0 Å². The van der Waals surface area contributed by atoms with Gasteiger partial charge >= 0.3 is 5.97 Å². The molecule has 3 rings (SSSR count). The van der Waals surface area contributed by atoms with E-state index in [0.29, 0.717) is 31.4 Å². The minimum Gasteiger partial charge on any atom is -0.481 e. The van der Waals surface area contributed by atoms with Crippen LogP contribution in [-0.4, -0.2) is 56.1 Å². The second-order valence-electron chi connectivity index (χ2n) is 11.1. The Morgan fingerprint density at radius 2 is 1.84 bits per heavy atom. The normalized spacial score (nSPS) is 28.4. The van der Waals surface area contributed by atoms with Gasteiger partial charge in [0.05, 0.1) is 24.7 Å². The average molecular weight is 515 g/mol. The van der Waals surface area contributed by atoms with Crippen LogP contribution in [0.2, 0.25) is 0 Å². The Morgan fingerprint density at radius 3 is 2.46 bits per heavy atom. The van der Waals surface area contributed by atoms with Crippen molar-refractivity contribution in [3.05, 3.63) is 53.6 Å². The van der Waals surface area contributed by atoms with E-state index in [9.17, 15) is 24.9 Å². The molecule has 0 saturated carbocycles. The third kappa shape index (κ3) is 7.30. The summed E-state index contributed by atoms with van der Waals surface area (Å²) in [6.45, 7) is 7.84. The molecule has 7 heteroatoms. The third-order valence-corrected chi connectivity index (χ3v) is 8.11. The Balaban J connectivity index is 1.81. The van der Waals surface area contributed by atoms with Gasteiger partial charge in [0.25, 0.3) is 0 Å². The Bertz CT molecular complexity index is 998. The average Bonchev–Trinajstić information content (AvgIpc) is 2.83. The van der Waals surface area contributed by atoms with E-state index in [4.69, 9.17) is 9.84 Å². The fourth-order valence-electron chi connectivity index (χ4n) is 5.85. The van der Waals surface area contributed by atoms with Gasteiger partial charge in [0, 0.05) is 5.92 Å². The molecule has 0 aliphatic heterocycles. The number of hydrogen-bond acceptors (Lipinski definition) is 6. The van der Waals surface area contributed by atoms with Gasteiger partial charge < -0.3 is 25.2 Å². The number of aryl methyl sites for hydroxylation is 1.